The first-order valence-corrected chi connectivity index (χ1v) is 10.0. The fraction of sp³-hybridized carbons (Fsp3) is 0.0417. The number of nitrogens with one attached hydrogen (secondary N) is 2. The van der Waals surface area contributed by atoms with Gasteiger partial charge in [-0.15, -0.1) is 0 Å². The molecule has 0 aliphatic rings. The molecule has 1 aromatic heterocycles. The second-order valence-corrected chi connectivity index (χ2v) is 7.49. The highest BCUT2D eigenvalue weighted by Gasteiger charge is 2.19. The van der Waals surface area contributed by atoms with Gasteiger partial charge in [0.15, 0.2) is 0 Å². The van der Waals surface area contributed by atoms with Crippen LogP contribution >= 0.6 is 11.6 Å². The minimum Gasteiger partial charge on any atom is -0.506 e. The summed E-state index contributed by atoms with van der Waals surface area (Å²) in [4.78, 5) is 11.4. The van der Waals surface area contributed by atoms with E-state index in [0.29, 0.717) is 38.7 Å². The molecular weight excluding hydrogens is 428 g/mol. The number of nitrogens with two attached hydrogens (primary N) is 1. The van der Waals surface area contributed by atoms with Gasteiger partial charge in [0.05, 0.1) is 11.3 Å². The number of phenols is 1. The van der Waals surface area contributed by atoms with E-state index in [0.717, 1.165) is 5.56 Å². The molecule has 4 aromatic rings. The number of H-pyrrole nitrogens is 1. The smallest absolute Gasteiger partial charge is 0.266 e. The van der Waals surface area contributed by atoms with Crippen LogP contribution in [0.1, 0.15) is 21.6 Å². The van der Waals surface area contributed by atoms with Gasteiger partial charge in [-0.2, -0.15) is 5.10 Å². The summed E-state index contributed by atoms with van der Waals surface area (Å²) >= 11 is 5.95. The molecule has 0 bridgehead atoms. The summed E-state index contributed by atoms with van der Waals surface area (Å²) in [5.41, 5.74) is 8.91. The average molecular weight is 447 g/mol. The van der Waals surface area contributed by atoms with Crippen molar-refractivity contribution in [3.63, 3.8) is 0 Å². The summed E-state index contributed by atoms with van der Waals surface area (Å²) in [5.74, 6) is -0.262. The summed E-state index contributed by atoms with van der Waals surface area (Å²) in [6, 6.07) is 19.3. The van der Waals surface area contributed by atoms with Crippen molar-refractivity contribution in [1.82, 2.24) is 10.2 Å². The van der Waals surface area contributed by atoms with Crippen LogP contribution in [0.25, 0.3) is 22.4 Å². The van der Waals surface area contributed by atoms with Crippen LogP contribution < -0.4 is 10.5 Å². The average Bonchev–Trinajstić information content (AvgIpc) is 3.29. The number of carbonyl (C=O) groups is 1. The number of primary amides is 1. The normalized spacial score (nSPS) is 10.7. The van der Waals surface area contributed by atoms with E-state index in [1.807, 2.05) is 18.2 Å². The number of benzene rings is 3. The minimum atomic E-state index is -0.648. The molecule has 5 N–H and O–H groups in total. The number of aromatic hydroxyl groups is 1. The molecule has 8 heteroatoms. The number of amides is 1. The van der Waals surface area contributed by atoms with E-state index in [4.69, 9.17) is 27.5 Å². The second-order valence-electron chi connectivity index (χ2n) is 7.05. The third-order valence-electron chi connectivity index (χ3n) is 4.91. The Morgan fingerprint density at radius 3 is 2.62 bits per heavy atom. The lowest BCUT2D eigenvalue weighted by molar-refractivity contribution is 0.0995. The zero-order valence-electron chi connectivity index (χ0n) is 16.8. The Kier molecular flexibility index (Phi) is 5.91. The molecule has 0 atom stereocenters. The Morgan fingerprint density at radius 2 is 1.94 bits per heavy atom. The van der Waals surface area contributed by atoms with E-state index in [2.05, 4.69) is 10.2 Å². The number of aromatic nitrogens is 2. The molecule has 0 saturated heterocycles. The third kappa shape index (κ3) is 4.33. The molecule has 0 radical (unpaired) electrons. The SMILES string of the molecule is N=Cc1cccc(-c2c(OCc3ccc(Cl)cc3)ccc(-c3cc(C(N)=O)[nH]n3)c2O)c1. The van der Waals surface area contributed by atoms with Crippen LogP contribution in [0.4, 0.5) is 0 Å². The molecule has 0 aliphatic carbocycles. The van der Waals surface area contributed by atoms with E-state index < -0.39 is 5.91 Å². The minimum absolute atomic E-state index is 0.0664. The summed E-state index contributed by atoms with van der Waals surface area (Å²) < 4.78 is 6.04. The van der Waals surface area contributed by atoms with Crippen LogP contribution in [0.3, 0.4) is 0 Å². The Morgan fingerprint density at radius 1 is 1.16 bits per heavy atom. The van der Waals surface area contributed by atoms with Gasteiger partial charge in [0.25, 0.3) is 5.91 Å². The highest BCUT2D eigenvalue weighted by molar-refractivity contribution is 6.30. The van der Waals surface area contributed by atoms with E-state index in [-0.39, 0.29) is 18.1 Å². The van der Waals surface area contributed by atoms with E-state index in [1.165, 1.54) is 12.3 Å². The number of rotatable bonds is 7. The van der Waals surface area contributed by atoms with Crippen molar-refractivity contribution in [2.24, 2.45) is 5.73 Å². The number of hydrogen-bond donors (Lipinski definition) is 4. The Labute approximate surface area is 188 Å². The second kappa shape index (κ2) is 8.95. The zero-order valence-corrected chi connectivity index (χ0v) is 17.6. The van der Waals surface area contributed by atoms with Crippen molar-refractivity contribution in [2.75, 3.05) is 0 Å². The van der Waals surface area contributed by atoms with Crippen LogP contribution in [0.2, 0.25) is 5.02 Å². The zero-order chi connectivity index (χ0) is 22.7. The van der Waals surface area contributed by atoms with Gasteiger partial charge in [-0.25, -0.2) is 0 Å². The maximum atomic E-state index is 11.4. The Bertz CT molecular complexity index is 1300. The Hall–Kier alpha value is -4.10. The largest absolute Gasteiger partial charge is 0.506 e. The van der Waals surface area contributed by atoms with Crippen molar-refractivity contribution in [3.05, 3.63) is 88.6 Å². The van der Waals surface area contributed by atoms with Crippen molar-refractivity contribution >= 4 is 23.7 Å². The fourth-order valence-corrected chi connectivity index (χ4v) is 3.42. The van der Waals surface area contributed by atoms with Crippen LogP contribution in [0, 0.1) is 5.41 Å². The fourth-order valence-electron chi connectivity index (χ4n) is 3.29. The Balaban J connectivity index is 1.79. The maximum absolute atomic E-state index is 11.4. The summed E-state index contributed by atoms with van der Waals surface area (Å²) in [6.45, 7) is 0.265. The maximum Gasteiger partial charge on any atom is 0.266 e. The van der Waals surface area contributed by atoms with Gasteiger partial charge in [-0.1, -0.05) is 41.9 Å². The number of ether oxygens (including phenoxy) is 1. The lowest BCUT2D eigenvalue weighted by Gasteiger charge is -2.16. The van der Waals surface area contributed by atoms with Crippen molar-refractivity contribution in [3.8, 4) is 33.9 Å². The molecule has 1 heterocycles. The molecular formula is C24H19ClN4O3. The van der Waals surface area contributed by atoms with Gasteiger partial charge in [0, 0.05) is 16.8 Å². The summed E-state index contributed by atoms with van der Waals surface area (Å²) in [5, 5.41) is 26.0. The molecule has 0 spiro atoms. The third-order valence-corrected chi connectivity index (χ3v) is 5.16. The van der Waals surface area contributed by atoms with Crippen LogP contribution in [0.15, 0.2) is 66.7 Å². The first-order chi connectivity index (χ1) is 15.5. The lowest BCUT2D eigenvalue weighted by Crippen LogP contribution is -2.10. The first kappa shape index (κ1) is 21.1. The molecule has 4 rings (SSSR count). The molecule has 0 saturated carbocycles. The van der Waals surface area contributed by atoms with Crippen LogP contribution in [-0.4, -0.2) is 27.4 Å². The van der Waals surface area contributed by atoms with Crippen molar-refractivity contribution in [2.45, 2.75) is 6.61 Å². The van der Waals surface area contributed by atoms with E-state index in [1.54, 1.807) is 42.5 Å². The van der Waals surface area contributed by atoms with Crippen LogP contribution in [-0.2, 0) is 6.61 Å². The molecule has 1 amide bonds. The number of carbonyl (C=O) groups excluding carboxylic acids is 1. The number of nitrogens with zero attached hydrogens (tertiary/aromatic N) is 1. The number of phenolic OH excluding ortho intramolecular Hbond substituents is 1. The number of aromatic amines is 1. The van der Waals surface area contributed by atoms with Gasteiger partial charge in [-0.05, 0) is 53.1 Å². The van der Waals surface area contributed by atoms with Gasteiger partial charge in [0.1, 0.15) is 23.8 Å². The summed E-state index contributed by atoms with van der Waals surface area (Å²) in [6.07, 6.45) is 1.23. The first-order valence-electron chi connectivity index (χ1n) is 9.66. The van der Waals surface area contributed by atoms with Gasteiger partial charge < -0.3 is 21.0 Å². The van der Waals surface area contributed by atoms with Crippen molar-refractivity contribution < 1.29 is 14.6 Å². The highest BCUT2D eigenvalue weighted by Crippen LogP contribution is 2.44. The predicted molar refractivity (Wildman–Crippen MR) is 123 cm³/mol. The van der Waals surface area contributed by atoms with Gasteiger partial charge in [-0.3, -0.25) is 9.89 Å². The van der Waals surface area contributed by atoms with E-state index in [9.17, 15) is 9.90 Å². The number of halogens is 1. The molecule has 7 nitrogen and oxygen atoms in total. The quantitative estimate of drug-likeness (QED) is 0.305. The van der Waals surface area contributed by atoms with E-state index >= 15 is 0 Å². The summed E-state index contributed by atoms with van der Waals surface area (Å²) in [7, 11) is 0. The standard InChI is InChI=1S/C24H19ClN4O3/c25-17-6-4-14(5-7-17)13-32-21-9-8-18(19-11-20(24(27)31)29-28-19)23(30)22(21)16-3-1-2-15(10-16)12-26/h1-12,26,30H,13H2,(H2,27,31)(H,28,29). The molecule has 160 valence electrons. The van der Waals surface area contributed by atoms with Crippen LogP contribution in [0.5, 0.6) is 11.5 Å². The highest BCUT2D eigenvalue weighted by atomic mass is 35.5. The molecule has 0 unspecified atom stereocenters. The predicted octanol–water partition coefficient (Wildman–Crippen LogP) is 4.78. The number of hydrogen-bond acceptors (Lipinski definition) is 5. The molecule has 0 fully saturated rings. The van der Waals surface area contributed by atoms with Crippen molar-refractivity contribution in [1.29, 1.82) is 5.41 Å². The molecule has 32 heavy (non-hydrogen) atoms. The molecule has 3 aromatic carbocycles. The van der Waals surface area contributed by atoms with Gasteiger partial charge >= 0.3 is 0 Å². The molecule has 0 aliphatic heterocycles. The lowest BCUT2D eigenvalue weighted by atomic mass is 9.97. The van der Waals surface area contributed by atoms with Gasteiger partial charge in [0.2, 0.25) is 0 Å². The topological polar surface area (TPSA) is 125 Å². The monoisotopic (exact) mass is 446 g/mol.